The zero-order valence-electron chi connectivity index (χ0n) is 9.37. The Hall–Kier alpha value is -1.41. The summed E-state index contributed by atoms with van der Waals surface area (Å²) in [6.07, 6.45) is 0. The fourth-order valence-electron chi connectivity index (χ4n) is 1.40. The predicted molar refractivity (Wildman–Crippen MR) is 70.0 cm³/mol. The normalized spacial score (nSPS) is 10.6. The number of nitrogens with zero attached hydrogens (tertiary/aromatic N) is 4. The minimum Gasteiger partial charge on any atom is -0.481 e. The van der Waals surface area contributed by atoms with E-state index in [1.807, 2.05) is 25.1 Å². The average molecular weight is 329 g/mol. The van der Waals surface area contributed by atoms with Gasteiger partial charge in [-0.25, -0.2) is 0 Å². The molecule has 1 aromatic heterocycles. The molecule has 1 aromatic carbocycles. The lowest BCUT2D eigenvalue weighted by molar-refractivity contribution is -0.133. The maximum Gasteiger partial charge on any atom is 0.313 e. The first-order valence-electron chi connectivity index (χ1n) is 4.97. The molecule has 2 rings (SSSR count). The molecule has 0 aliphatic heterocycles. The zero-order chi connectivity index (χ0) is 13.1. The number of hydrogen-bond acceptors (Lipinski definition) is 5. The number of benzene rings is 1. The summed E-state index contributed by atoms with van der Waals surface area (Å²) in [5.41, 5.74) is 1.85. The van der Waals surface area contributed by atoms with Crippen molar-refractivity contribution in [2.24, 2.45) is 0 Å². The largest absolute Gasteiger partial charge is 0.481 e. The van der Waals surface area contributed by atoms with Crippen molar-refractivity contribution in [3.8, 4) is 5.69 Å². The second kappa shape index (κ2) is 5.49. The van der Waals surface area contributed by atoms with E-state index in [2.05, 4.69) is 31.5 Å². The number of rotatable bonds is 4. The summed E-state index contributed by atoms with van der Waals surface area (Å²) >= 11 is 4.48. The summed E-state index contributed by atoms with van der Waals surface area (Å²) < 4.78 is 2.44. The van der Waals surface area contributed by atoms with Crippen LogP contribution in [-0.4, -0.2) is 37.0 Å². The van der Waals surface area contributed by atoms with Gasteiger partial charge in [-0.3, -0.25) is 4.79 Å². The molecule has 1 N–H and O–H groups in total. The Morgan fingerprint density at radius 2 is 2.28 bits per heavy atom. The first-order chi connectivity index (χ1) is 8.56. The van der Waals surface area contributed by atoms with Crippen molar-refractivity contribution in [3.63, 3.8) is 0 Å². The molecule has 0 atom stereocenters. The molecule has 0 saturated heterocycles. The van der Waals surface area contributed by atoms with Crippen LogP contribution in [0.3, 0.4) is 0 Å². The molecule has 8 heteroatoms. The number of aryl methyl sites for hydroxylation is 1. The average Bonchev–Trinajstić information content (AvgIpc) is 2.72. The Balaban J connectivity index is 2.33. The van der Waals surface area contributed by atoms with Crippen molar-refractivity contribution in [1.29, 1.82) is 0 Å². The van der Waals surface area contributed by atoms with Gasteiger partial charge in [0.15, 0.2) is 0 Å². The molecule has 0 aliphatic rings. The number of carboxylic acid groups (broad SMARTS) is 1. The van der Waals surface area contributed by atoms with Gasteiger partial charge in [-0.15, -0.1) is 5.10 Å². The van der Waals surface area contributed by atoms with Crippen molar-refractivity contribution >= 4 is 33.7 Å². The molecule has 6 nitrogen and oxygen atoms in total. The van der Waals surface area contributed by atoms with E-state index in [1.165, 1.54) is 4.68 Å². The summed E-state index contributed by atoms with van der Waals surface area (Å²) in [5.74, 6) is -0.979. The maximum atomic E-state index is 10.5. The van der Waals surface area contributed by atoms with Gasteiger partial charge in [0.05, 0.1) is 11.4 Å². The van der Waals surface area contributed by atoms with Crippen LogP contribution in [0, 0.1) is 6.92 Å². The Kier molecular flexibility index (Phi) is 3.97. The molecular formula is C10H9BrN4O2S. The maximum absolute atomic E-state index is 10.5. The number of aromatic nitrogens is 4. The van der Waals surface area contributed by atoms with Gasteiger partial charge in [-0.05, 0) is 41.1 Å². The molecule has 0 unspecified atom stereocenters. The number of carbonyl (C=O) groups is 1. The molecule has 0 spiro atoms. The van der Waals surface area contributed by atoms with Crippen molar-refractivity contribution < 1.29 is 9.90 Å². The Morgan fingerprint density at radius 1 is 1.50 bits per heavy atom. The highest BCUT2D eigenvalue weighted by molar-refractivity contribution is 9.10. The van der Waals surface area contributed by atoms with Gasteiger partial charge in [0, 0.05) is 4.47 Å². The number of halogens is 1. The standard InChI is InChI=1S/C10H9BrN4O2S/c1-6-2-7(11)4-8(3-6)15-10(12-13-14-15)18-5-9(16)17/h2-4H,5H2,1H3,(H,16,17). The van der Waals surface area contributed by atoms with Gasteiger partial charge in [0.25, 0.3) is 0 Å². The molecule has 0 fully saturated rings. The third-order valence-electron chi connectivity index (χ3n) is 2.04. The number of tetrazole rings is 1. The fraction of sp³-hybridized carbons (Fsp3) is 0.200. The molecule has 0 saturated carbocycles. The zero-order valence-corrected chi connectivity index (χ0v) is 11.8. The van der Waals surface area contributed by atoms with Gasteiger partial charge in [0.2, 0.25) is 5.16 Å². The lowest BCUT2D eigenvalue weighted by atomic mass is 10.2. The third kappa shape index (κ3) is 3.08. The van der Waals surface area contributed by atoms with E-state index in [0.29, 0.717) is 5.16 Å². The first kappa shape index (κ1) is 13.0. The van der Waals surface area contributed by atoms with Gasteiger partial charge < -0.3 is 5.11 Å². The van der Waals surface area contributed by atoms with E-state index in [4.69, 9.17) is 5.11 Å². The van der Waals surface area contributed by atoms with Crippen molar-refractivity contribution in [2.75, 3.05) is 5.75 Å². The van der Waals surface area contributed by atoms with Gasteiger partial charge in [0.1, 0.15) is 0 Å². The second-order valence-corrected chi connectivity index (χ2v) is 5.40. The van der Waals surface area contributed by atoms with Gasteiger partial charge >= 0.3 is 5.97 Å². The van der Waals surface area contributed by atoms with Crippen LogP contribution in [-0.2, 0) is 4.79 Å². The summed E-state index contributed by atoms with van der Waals surface area (Å²) in [5, 5.41) is 20.4. The van der Waals surface area contributed by atoms with E-state index < -0.39 is 5.97 Å². The summed E-state index contributed by atoms with van der Waals surface area (Å²) in [6.45, 7) is 1.96. The molecular weight excluding hydrogens is 320 g/mol. The van der Waals surface area contributed by atoms with Crippen LogP contribution in [0.1, 0.15) is 5.56 Å². The highest BCUT2D eigenvalue weighted by Crippen LogP contribution is 2.22. The third-order valence-corrected chi connectivity index (χ3v) is 3.40. The van der Waals surface area contributed by atoms with E-state index in [1.54, 1.807) is 0 Å². The van der Waals surface area contributed by atoms with E-state index in [0.717, 1.165) is 27.5 Å². The molecule has 2 aromatic rings. The van der Waals surface area contributed by atoms with Crippen LogP contribution in [0.4, 0.5) is 0 Å². The molecule has 18 heavy (non-hydrogen) atoms. The SMILES string of the molecule is Cc1cc(Br)cc(-n2nnnc2SCC(=O)O)c1. The smallest absolute Gasteiger partial charge is 0.313 e. The van der Waals surface area contributed by atoms with Crippen molar-refractivity contribution in [1.82, 2.24) is 20.2 Å². The molecule has 0 bridgehead atoms. The lowest BCUT2D eigenvalue weighted by Crippen LogP contribution is -2.03. The minimum atomic E-state index is -0.903. The monoisotopic (exact) mass is 328 g/mol. The fourth-order valence-corrected chi connectivity index (χ4v) is 2.60. The van der Waals surface area contributed by atoms with Crippen LogP contribution >= 0.6 is 27.7 Å². The Labute approximate surface area is 116 Å². The highest BCUT2D eigenvalue weighted by atomic mass is 79.9. The van der Waals surface area contributed by atoms with Crippen molar-refractivity contribution in [2.45, 2.75) is 12.1 Å². The summed E-state index contributed by atoms with van der Waals surface area (Å²) in [7, 11) is 0. The predicted octanol–water partition coefficient (Wildman–Crippen LogP) is 1.91. The minimum absolute atomic E-state index is 0.0760. The van der Waals surface area contributed by atoms with E-state index >= 15 is 0 Å². The van der Waals surface area contributed by atoms with Gasteiger partial charge in [-0.2, -0.15) is 4.68 Å². The van der Waals surface area contributed by atoms with Crippen LogP contribution < -0.4 is 0 Å². The molecule has 0 amide bonds. The highest BCUT2D eigenvalue weighted by Gasteiger charge is 2.11. The van der Waals surface area contributed by atoms with E-state index in [9.17, 15) is 4.79 Å². The lowest BCUT2D eigenvalue weighted by Gasteiger charge is -2.05. The van der Waals surface area contributed by atoms with Crippen LogP contribution in [0.15, 0.2) is 27.8 Å². The van der Waals surface area contributed by atoms with Crippen LogP contribution in [0.2, 0.25) is 0 Å². The number of thioether (sulfide) groups is 1. The van der Waals surface area contributed by atoms with Crippen molar-refractivity contribution in [3.05, 3.63) is 28.2 Å². The Bertz CT molecular complexity index is 567. The Morgan fingerprint density at radius 3 is 2.94 bits per heavy atom. The summed E-state index contributed by atoms with van der Waals surface area (Å²) in [4.78, 5) is 10.5. The quantitative estimate of drug-likeness (QED) is 0.863. The molecule has 0 aliphatic carbocycles. The van der Waals surface area contributed by atoms with Crippen LogP contribution in [0.25, 0.3) is 5.69 Å². The number of hydrogen-bond donors (Lipinski definition) is 1. The summed E-state index contributed by atoms with van der Waals surface area (Å²) in [6, 6.07) is 5.76. The number of aliphatic carboxylic acids is 1. The van der Waals surface area contributed by atoms with Crippen LogP contribution in [0.5, 0.6) is 0 Å². The molecule has 1 heterocycles. The second-order valence-electron chi connectivity index (χ2n) is 3.54. The molecule has 94 valence electrons. The topological polar surface area (TPSA) is 80.9 Å². The number of carboxylic acids is 1. The first-order valence-corrected chi connectivity index (χ1v) is 6.74. The van der Waals surface area contributed by atoms with Gasteiger partial charge in [-0.1, -0.05) is 27.7 Å². The molecule has 0 radical (unpaired) electrons. The van der Waals surface area contributed by atoms with E-state index in [-0.39, 0.29) is 5.75 Å².